The third kappa shape index (κ3) is 6.95. The van der Waals surface area contributed by atoms with E-state index in [1.165, 1.54) is 27.2 Å². The number of sulfonamides is 1. The van der Waals surface area contributed by atoms with Crippen LogP contribution in [0.5, 0.6) is 0 Å². The van der Waals surface area contributed by atoms with Crippen LogP contribution in [-0.2, 0) is 21.2 Å². The molecule has 1 amide bonds. The van der Waals surface area contributed by atoms with Crippen LogP contribution >= 0.6 is 11.8 Å². The molecule has 5 rings (SSSR count). The predicted octanol–water partition coefficient (Wildman–Crippen LogP) is 2.86. The summed E-state index contributed by atoms with van der Waals surface area (Å²) in [6, 6.07) is 17.0. The number of aryl methyl sites for hydroxylation is 3. The third-order valence-electron chi connectivity index (χ3n) is 7.33. The first kappa shape index (κ1) is 29.2. The number of carbonyl (C=O) groups is 1. The number of aromatic nitrogens is 4. The summed E-state index contributed by atoms with van der Waals surface area (Å²) in [5.41, 5.74) is 5.49. The zero-order valence-corrected chi connectivity index (χ0v) is 25.2. The molecule has 0 atom stereocenters. The van der Waals surface area contributed by atoms with Crippen molar-refractivity contribution in [1.29, 1.82) is 0 Å². The van der Waals surface area contributed by atoms with Gasteiger partial charge in [0.15, 0.2) is 0 Å². The number of fused-ring (bicyclic) bond motifs is 1. The molecule has 12 heteroatoms. The van der Waals surface area contributed by atoms with Crippen LogP contribution in [0.25, 0.3) is 5.78 Å². The molecule has 1 N–H and O–H groups in total. The maximum atomic E-state index is 12.8. The van der Waals surface area contributed by atoms with Gasteiger partial charge in [0.05, 0.1) is 10.6 Å². The molecule has 0 unspecified atom stereocenters. The number of nitrogens with one attached hydrogen (secondary N) is 1. The van der Waals surface area contributed by atoms with Crippen LogP contribution in [0.3, 0.4) is 0 Å². The van der Waals surface area contributed by atoms with Crippen molar-refractivity contribution >= 4 is 33.5 Å². The van der Waals surface area contributed by atoms with Crippen molar-refractivity contribution in [2.45, 2.75) is 37.2 Å². The van der Waals surface area contributed by atoms with E-state index in [1.54, 1.807) is 34.8 Å². The molecular weight excluding hydrogens is 558 g/mol. The molecule has 0 bridgehead atoms. The average Bonchev–Trinajstić information content (AvgIpc) is 3.39. The van der Waals surface area contributed by atoms with Crippen molar-refractivity contribution in [3.8, 4) is 0 Å². The molecule has 1 aliphatic rings. The summed E-state index contributed by atoms with van der Waals surface area (Å²) in [4.78, 5) is 24.2. The van der Waals surface area contributed by atoms with E-state index in [4.69, 9.17) is 0 Å². The number of carbonyl (C=O) groups excluding carboxylic acids is 1. The van der Waals surface area contributed by atoms with E-state index in [9.17, 15) is 13.2 Å². The molecule has 216 valence electrons. The van der Waals surface area contributed by atoms with Crippen molar-refractivity contribution in [3.05, 3.63) is 82.7 Å². The second-order valence-electron chi connectivity index (χ2n) is 10.2. The smallest absolute Gasteiger partial charge is 0.253 e. The molecule has 0 radical (unpaired) electrons. The quantitative estimate of drug-likeness (QED) is 0.280. The molecule has 0 spiro atoms. The first-order valence-electron chi connectivity index (χ1n) is 13.7. The summed E-state index contributed by atoms with van der Waals surface area (Å²) >= 11 is 1.29. The highest BCUT2D eigenvalue weighted by atomic mass is 32.2. The topological polar surface area (TPSA) is 113 Å². The summed E-state index contributed by atoms with van der Waals surface area (Å²) in [6.07, 6.45) is 0.767. The van der Waals surface area contributed by atoms with Crippen molar-refractivity contribution in [3.63, 3.8) is 0 Å². The van der Waals surface area contributed by atoms with E-state index < -0.39 is 10.0 Å². The fourth-order valence-corrected chi connectivity index (χ4v) is 6.98. The number of thioether (sulfide) groups is 1. The number of rotatable bonds is 10. The molecule has 4 aromatic rings. The Hall–Kier alpha value is -3.32. The Morgan fingerprint density at radius 1 is 0.951 bits per heavy atom. The van der Waals surface area contributed by atoms with Gasteiger partial charge in [-0.1, -0.05) is 59.8 Å². The van der Waals surface area contributed by atoms with Crippen LogP contribution in [-0.4, -0.2) is 88.1 Å². The van der Waals surface area contributed by atoms with E-state index in [1.807, 2.05) is 13.8 Å². The van der Waals surface area contributed by atoms with Crippen molar-refractivity contribution in [2.24, 2.45) is 0 Å². The standard InChI is InChI=1S/C29H35N7O3S2/c1-21-9-11-24(12-10-21)19-26-22(2)31-28-32-29(33-36(28)23(26)3)40-20-27(37)30-13-14-34-15-17-35(18-16-34)41(38,39)25-7-5-4-6-8-25/h4-12H,13-20H2,1-3H3,(H,30,37). The first-order chi connectivity index (χ1) is 19.7. The minimum Gasteiger partial charge on any atom is -0.354 e. The lowest BCUT2D eigenvalue weighted by molar-refractivity contribution is -0.118. The van der Waals surface area contributed by atoms with Gasteiger partial charge in [-0.3, -0.25) is 9.69 Å². The molecular formula is C29H35N7O3S2. The van der Waals surface area contributed by atoms with Gasteiger partial charge in [-0.25, -0.2) is 17.9 Å². The Bertz CT molecular complexity index is 1620. The number of piperazine rings is 1. The SMILES string of the molecule is Cc1ccc(Cc2c(C)nc3nc(SCC(=O)NCCN4CCN(S(=O)(=O)c5ccccc5)CC4)nn3c2C)cc1. The molecule has 1 aliphatic heterocycles. The molecule has 0 aliphatic carbocycles. The maximum absolute atomic E-state index is 12.8. The zero-order valence-electron chi connectivity index (χ0n) is 23.6. The largest absolute Gasteiger partial charge is 0.354 e. The van der Waals surface area contributed by atoms with E-state index >= 15 is 0 Å². The fraction of sp³-hybridized carbons (Fsp3) is 0.379. The van der Waals surface area contributed by atoms with Crippen LogP contribution < -0.4 is 5.32 Å². The zero-order chi connectivity index (χ0) is 29.0. The Labute approximate surface area is 245 Å². The second-order valence-corrected chi connectivity index (χ2v) is 13.1. The number of nitrogens with zero attached hydrogens (tertiary/aromatic N) is 6. The summed E-state index contributed by atoms with van der Waals surface area (Å²) in [7, 11) is -3.47. The highest BCUT2D eigenvalue weighted by Gasteiger charge is 2.28. The Kier molecular flexibility index (Phi) is 9.03. The molecule has 41 heavy (non-hydrogen) atoms. The third-order valence-corrected chi connectivity index (χ3v) is 10.1. The highest BCUT2D eigenvalue weighted by molar-refractivity contribution is 7.99. The van der Waals surface area contributed by atoms with Gasteiger partial charge in [0.25, 0.3) is 5.78 Å². The molecule has 0 saturated carbocycles. The highest BCUT2D eigenvalue weighted by Crippen LogP contribution is 2.21. The maximum Gasteiger partial charge on any atom is 0.253 e. The van der Waals surface area contributed by atoms with Crippen LogP contribution in [0.1, 0.15) is 28.1 Å². The van der Waals surface area contributed by atoms with E-state index in [2.05, 4.69) is 56.5 Å². The fourth-order valence-electron chi connectivity index (χ4n) is 4.89. The first-order valence-corrected chi connectivity index (χ1v) is 16.1. The van der Waals surface area contributed by atoms with E-state index in [0.717, 1.165) is 23.4 Å². The number of amides is 1. The van der Waals surface area contributed by atoms with Crippen LogP contribution in [0.15, 0.2) is 64.6 Å². The van der Waals surface area contributed by atoms with Gasteiger partial charge in [0.1, 0.15) is 0 Å². The minimum absolute atomic E-state index is 0.0972. The molecule has 10 nitrogen and oxygen atoms in total. The van der Waals surface area contributed by atoms with Crippen LogP contribution in [0.2, 0.25) is 0 Å². The summed E-state index contributed by atoms with van der Waals surface area (Å²) in [6.45, 7) is 9.36. The number of hydrogen-bond donors (Lipinski definition) is 1. The summed E-state index contributed by atoms with van der Waals surface area (Å²) in [5.74, 6) is 0.637. The van der Waals surface area contributed by atoms with Gasteiger partial charge in [-0.2, -0.15) is 9.29 Å². The van der Waals surface area contributed by atoms with Crippen molar-refractivity contribution < 1.29 is 13.2 Å². The lowest BCUT2D eigenvalue weighted by Gasteiger charge is -2.33. The molecule has 3 heterocycles. The number of hydrogen-bond acceptors (Lipinski definition) is 8. The molecule has 2 aromatic carbocycles. The molecule has 2 aromatic heterocycles. The lowest BCUT2D eigenvalue weighted by Crippen LogP contribution is -2.50. The molecule has 1 saturated heterocycles. The Morgan fingerprint density at radius 3 is 2.37 bits per heavy atom. The molecule has 1 fully saturated rings. The van der Waals surface area contributed by atoms with Crippen molar-refractivity contribution in [2.75, 3.05) is 45.0 Å². The van der Waals surface area contributed by atoms with Gasteiger partial charge >= 0.3 is 0 Å². The second kappa shape index (κ2) is 12.7. The normalized spacial score (nSPS) is 14.9. The van der Waals surface area contributed by atoms with Crippen LogP contribution in [0.4, 0.5) is 0 Å². The van der Waals surface area contributed by atoms with Gasteiger partial charge in [-0.15, -0.1) is 5.10 Å². The Balaban J connectivity index is 1.08. The lowest BCUT2D eigenvalue weighted by atomic mass is 10.0. The number of benzene rings is 2. The average molecular weight is 594 g/mol. The van der Waals surface area contributed by atoms with Gasteiger partial charge in [0.2, 0.25) is 21.1 Å². The summed E-state index contributed by atoms with van der Waals surface area (Å²) < 4.78 is 28.9. The van der Waals surface area contributed by atoms with Crippen molar-refractivity contribution in [1.82, 2.24) is 34.1 Å². The monoisotopic (exact) mass is 593 g/mol. The van der Waals surface area contributed by atoms with E-state index in [0.29, 0.717) is 55.1 Å². The van der Waals surface area contributed by atoms with Gasteiger partial charge in [-0.05, 0) is 44.0 Å². The van der Waals surface area contributed by atoms with Crippen LogP contribution in [0, 0.1) is 20.8 Å². The Morgan fingerprint density at radius 2 is 1.66 bits per heavy atom. The predicted molar refractivity (Wildman–Crippen MR) is 160 cm³/mol. The minimum atomic E-state index is -3.47. The van der Waals surface area contributed by atoms with Gasteiger partial charge < -0.3 is 5.32 Å². The van der Waals surface area contributed by atoms with Gasteiger partial charge in [0, 0.05) is 57.1 Å². The van der Waals surface area contributed by atoms with E-state index in [-0.39, 0.29) is 11.7 Å². The summed E-state index contributed by atoms with van der Waals surface area (Å²) in [5, 5.41) is 8.07.